The Kier molecular flexibility index (Phi) is 4.51. The fourth-order valence-electron chi connectivity index (χ4n) is 1.86. The number of anilines is 1. The Hall–Kier alpha value is -1.63. The smallest absolute Gasteiger partial charge is 0.243 e. The van der Waals surface area contributed by atoms with Crippen molar-refractivity contribution in [3.63, 3.8) is 0 Å². The molecule has 3 N–H and O–H groups in total. The lowest BCUT2D eigenvalue weighted by atomic mass is 10.1. The molecule has 21 heavy (non-hydrogen) atoms. The van der Waals surface area contributed by atoms with E-state index >= 15 is 0 Å². The van der Waals surface area contributed by atoms with Crippen LogP contribution in [0.1, 0.15) is 18.5 Å². The zero-order valence-electron chi connectivity index (χ0n) is 11.2. The van der Waals surface area contributed by atoms with Gasteiger partial charge < -0.3 is 5.73 Å². The Bertz CT molecular complexity index is 748. The molecule has 1 atom stereocenters. The topological polar surface area (TPSA) is 72.2 Å². The first-order valence-corrected chi connectivity index (χ1v) is 7.98. The fraction of sp³-hybridized carbons (Fsp3) is 0.143. The maximum absolute atomic E-state index is 12.9. The van der Waals surface area contributed by atoms with Gasteiger partial charge in [-0.3, -0.25) is 0 Å². The Morgan fingerprint density at radius 1 is 1.19 bits per heavy atom. The summed E-state index contributed by atoms with van der Waals surface area (Å²) < 4.78 is 40.0. The van der Waals surface area contributed by atoms with Gasteiger partial charge in [-0.1, -0.05) is 23.7 Å². The Morgan fingerprint density at radius 2 is 1.81 bits per heavy atom. The molecule has 4 nitrogen and oxygen atoms in total. The molecule has 2 aromatic carbocycles. The second-order valence-corrected chi connectivity index (χ2v) is 6.70. The Balaban J connectivity index is 2.28. The SMILES string of the molecule is CC(NS(=O)(=O)c1cc(Cl)ccc1N)c1ccc(F)cc1. The molecule has 1 unspecified atom stereocenters. The van der Waals surface area contributed by atoms with Crippen LogP contribution < -0.4 is 10.5 Å². The molecule has 7 heteroatoms. The highest BCUT2D eigenvalue weighted by atomic mass is 35.5. The number of nitrogen functional groups attached to an aromatic ring is 1. The predicted molar refractivity (Wildman–Crippen MR) is 81.0 cm³/mol. The Morgan fingerprint density at radius 3 is 2.43 bits per heavy atom. The van der Waals surface area contributed by atoms with Gasteiger partial charge >= 0.3 is 0 Å². The third-order valence-electron chi connectivity index (χ3n) is 2.97. The molecule has 0 heterocycles. The molecule has 0 saturated heterocycles. The van der Waals surface area contributed by atoms with Crippen LogP contribution in [0.15, 0.2) is 47.4 Å². The molecule has 0 radical (unpaired) electrons. The van der Waals surface area contributed by atoms with E-state index in [1.54, 1.807) is 6.92 Å². The molecule has 112 valence electrons. The molecular formula is C14H14ClFN2O2S. The molecule has 0 fully saturated rings. The summed E-state index contributed by atoms with van der Waals surface area (Å²) in [6.07, 6.45) is 0. The van der Waals surface area contributed by atoms with Crippen LogP contribution in [0.3, 0.4) is 0 Å². The second-order valence-electron chi connectivity index (χ2n) is 4.58. The van der Waals surface area contributed by atoms with Gasteiger partial charge in [0.05, 0.1) is 5.69 Å². The summed E-state index contributed by atoms with van der Waals surface area (Å²) >= 11 is 5.80. The number of nitrogens with one attached hydrogen (secondary N) is 1. The van der Waals surface area contributed by atoms with Crippen LogP contribution in [0.2, 0.25) is 5.02 Å². The molecule has 0 aromatic heterocycles. The normalized spacial score (nSPS) is 13.1. The second kappa shape index (κ2) is 6.01. The van der Waals surface area contributed by atoms with Gasteiger partial charge in [-0.2, -0.15) is 0 Å². The summed E-state index contributed by atoms with van der Waals surface area (Å²) in [6.45, 7) is 1.66. The van der Waals surface area contributed by atoms with Crippen molar-refractivity contribution in [3.8, 4) is 0 Å². The van der Waals surface area contributed by atoms with Crippen LogP contribution in [0.4, 0.5) is 10.1 Å². The highest BCUT2D eigenvalue weighted by Gasteiger charge is 2.21. The average molecular weight is 329 g/mol. The van der Waals surface area contributed by atoms with Crippen LogP contribution in [0.25, 0.3) is 0 Å². The van der Waals surface area contributed by atoms with E-state index in [9.17, 15) is 12.8 Å². The number of sulfonamides is 1. The monoisotopic (exact) mass is 328 g/mol. The van der Waals surface area contributed by atoms with Gasteiger partial charge in [0.1, 0.15) is 10.7 Å². The van der Waals surface area contributed by atoms with E-state index in [0.717, 1.165) is 0 Å². The average Bonchev–Trinajstić information content (AvgIpc) is 2.41. The number of rotatable bonds is 4. The van der Waals surface area contributed by atoms with Crippen LogP contribution >= 0.6 is 11.6 Å². The lowest BCUT2D eigenvalue weighted by Crippen LogP contribution is -2.27. The van der Waals surface area contributed by atoms with Crippen molar-refractivity contribution in [1.29, 1.82) is 0 Å². The van der Waals surface area contributed by atoms with Gasteiger partial charge in [0.25, 0.3) is 0 Å². The number of benzene rings is 2. The van der Waals surface area contributed by atoms with Gasteiger partial charge in [0.15, 0.2) is 0 Å². The lowest BCUT2D eigenvalue weighted by Gasteiger charge is -2.16. The maximum Gasteiger partial charge on any atom is 0.243 e. The van der Waals surface area contributed by atoms with E-state index in [4.69, 9.17) is 17.3 Å². The van der Waals surface area contributed by atoms with Gasteiger partial charge in [-0.05, 0) is 42.8 Å². The zero-order chi connectivity index (χ0) is 15.6. The minimum absolute atomic E-state index is 0.0797. The largest absolute Gasteiger partial charge is 0.398 e. The third-order valence-corrected chi connectivity index (χ3v) is 4.80. The van der Waals surface area contributed by atoms with Crippen molar-refractivity contribution >= 4 is 27.3 Å². The summed E-state index contributed by atoms with van der Waals surface area (Å²) in [7, 11) is -3.82. The van der Waals surface area contributed by atoms with E-state index in [0.29, 0.717) is 5.56 Å². The maximum atomic E-state index is 12.9. The molecule has 0 aliphatic rings. The molecular weight excluding hydrogens is 315 g/mol. The van der Waals surface area contributed by atoms with Gasteiger partial charge in [0, 0.05) is 11.1 Å². The fourth-order valence-corrected chi connectivity index (χ4v) is 3.48. The summed E-state index contributed by atoms with van der Waals surface area (Å²) in [5.74, 6) is -0.382. The number of nitrogens with two attached hydrogens (primary N) is 1. The summed E-state index contributed by atoms with van der Waals surface area (Å²) in [4.78, 5) is -0.0797. The molecule has 0 amide bonds. The van der Waals surface area contributed by atoms with Crippen molar-refractivity contribution in [2.24, 2.45) is 0 Å². The zero-order valence-corrected chi connectivity index (χ0v) is 12.7. The minimum atomic E-state index is -3.82. The highest BCUT2D eigenvalue weighted by Crippen LogP contribution is 2.24. The third kappa shape index (κ3) is 3.72. The van der Waals surface area contributed by atoms with Gasteiger partial charge in [-0.15, -0.1) is 0 Å². The van der Waals surface area contributed by atoms with Gasteiger partial charge in [-0.25, -0.2) is 17.5 Å². The number of hydrogen-bond acceptors (Lipinski definition) is 3. The van der Waals surface area contributed by atoms with Crippen LogP contribution in [-0.4, -0.2) is 8.42 Å². The molecule has 0 saturated carbocycles. The van der Waals surface area contributed by atoms with Crippen molar-refractivity contribution in [1.82, 2.24) is 4.72 Å². The van der Waals surface area contributed by atoms with Crippen molar-refractivity contribution in [2.75, 3.05) is 5.73 Å². The number of hydrogen-bond donors (Lipinski definition) is 2. The van der Waals surface area contributed by atoms with Gasteiger partial charge in [0.2, 0.25) is 10.0 Å². The predicted octanol–water partition coefficient (Wildman–Crippen LogP) is 3.10. The van der Waals surface area contributed by atoms with E-state index < -0.39 is 16.1 Å². The summed E-state index contributed by atoms with van der Waals surface area (Å²) in [6, 6.07) is 9.28. The van der Waals surface area contributed by atoms with E-state index in [1.165, 1.54) is 42.5 Å². The van der Waals surface area contributed by atoms with Crippen molar-refractivity contribution in [3.05, 3.63) is 58.9 Å². The minimum Gasteiger partial charge on any atom is -0.398 e. The first-order valence-electron chi connectivity index (χ1n) is 6.12. The summed E-state index contributed by atoms with van der Waals surface area (Å²) in [5, 5.41) is 0.277. The van der Waals surface area contributed by atoms with E-state index in [1.807, 2.05) is 0 Å². The van der Waals surface area contributed by atoms with Crippen molar-refractivity contribution < 1.29 is 12.8 Å². The molecule has 0 aliphatic carbocycles. The Labute approximate surface area is 127 Å². The number of halogens is 2. The first kappa shape index (κ1) is 15.8. The van der Waals surface area contributed by atoms with E-state index in [-0.39, 0.29) is 21.4 Å². The van der Waals surface area contributed by atoms with Crippen LogP contribution in [0, 0.1) is 5.82 Å². The quantitative estimate of drug-likeness (QED) is 0.847. The first-order chi connectivity index (χ1) is 9.79. The van der Waals surface area contributed by atoms with Crippen LogP contribution in [-0.2, 0) is 10.0 Å². The molecule has 2 aromatic rings. The summed E-state index contributed by atoms with van der Waals surface area (Å²) in [5.41, 5.74) is 6.43. The molecule has 0 spiro atoms. The van der Waals surface area contributed by atoms with Crippen LogP contribution in [0.5, 0.6) is 0 Å². The van der Waals surface area contributed by atoms with Crippen molar-refractivity contribution in [2.45, 2.75) is 17.9 Å². The molecule has 0 bridgehead atoms. The lowest BCUT2D eigenvalue weighted by molar-refractivity contribution is 0.567. The highest BCUT2D eigenvalue weighted by molar-refractivity contribution is 7.89. The van der Waals surface area contributed by atoms with E-state index in [2.05, 4.69) is 4.72 Å². The molecule has 2 rings (SSSR count). The molecule has 0 aliphatic heterocycles. The standard InChI is InChI=1S/C14H14ClFN2O2S/c1-9(10-2-5-12(16)6-3-10)18-21(19,20)14-8-11(15)4-7-13(14)17/h2-9,18H,17H2,1H3.